The predicted octanol–water partition coefficient (Wildman–Crippen LogP) is 0.451. The Morgan fingerprint density at radius 3 is 2.73 bits per heavy atom. The van der Waals surface area contributed by atoms with Crippen LogP contribution in [-0.4, -0.2) is 77.0 Å². The highest BCUT2D eigenvalue weighted by Crippen LogP contribution is 2.24. The zero-order valence-electron chi connectivity index (χ0n) is 15.6. The van der Waals surface area contributed by atoms with Gasteiger partial charge in [0.15, 0.2) is 0 Å². The molecule has 1 unspecified atom stereocenters. The fourth-order valence-electron chi connectivity index (χ4n) is 3.60. The van der Waals surface area contributed by atoms with Crippen LogP contribution in [0.15, 0.2) is 18.2 Å². The van der Waals surface area contributed by atoms with Crippen molar-refractivity contribution < 1.29 is 19.4 Å². The third-order valence-corrected chi connectivity index (χ3v) is 4.88. The number of ether oxygens (including phenoxy) is 1. The van der Waals surface area contributed by atoms with Crippen molar-refractivity contribution in [2.45, 2.75) is 39.1 Å². The van der Waals surface area contributed by atoms with Gasteiger partial charge in [-0.1, -0.05) is 6.07 Å². The first-order chi connectivity index (χ1) is 12.4. The van der Waals surface area contributed by atoms with Crippen LogP contribution < -0.4 is 4.74 Å². The molecule has 26 heavy (non-hydrogen) atoms. The molecule has 142 valence electrons. The van der Waals surface area contributed by atoms with Crippen LogP contribution in [0.2, 0.25) is 0 Å². The molecule has 0 spiro atoms. The molecule has 2 fully saturated rings. The highest BCUT2D eigenvalue weighted by molar-refractivity contribution is 5.95. The van der Waals surface area contributed by atoms with Gasteiger partial charge in [-0.15, -0.1) is 0 Å². The minimum Gasteiger partial charge on any atom is -0.491 e. The van der Waals surface area contributed by atoms with E-state index in [1.54, 1.807) is 11.9 Å². The fourth-order valence-corrected chi connectivity index (χ4v) is 3.60. The summed E-state index contributed by atoms with van der Waals surface area (Å²) in [6, 6.07) is 5.43. The number of rotatable bonds is 5. The standard InChI is InChI=1S/C19H27N3O4/c1-13(2)26-17-5-4-14(8-15(17)12-23)9-21-6-7-22-16(10-21)19(25)20(3)11-18(22)24/h4-5,8,13,16,23H,6-7,9-12H2,1-3H3. The molecule has 1 aromatic rings. The van der Waals surface area contributed by atoms with Crippen molar-refractivity contribution in [3.63, 3.8) is 0 Å². The molecular weight excluding hydrogens is 334 g/mol. The Morgan fingerprint density at radius 2 is 2.04 bits per heavy atom. The summed E-state index contributed by atoms with van der Waals surface area (Å²) in [7, 11) is 1.68. The first kappa shape index (κ1) is 18.7. The number of piperazine rings is 2. The number of hydrogen-bond donors (Lipinski definition) is 1. The molecule has 2 aliphatic rings. The fraction of sp³-hybridized carbons (Fsp3) is 0.579. The highest BCUT2D eigenvalue weighted by atomic mass is 16.5. The number of aliphatic hydroxyl groups excluding tert-OH is 1. The molecular formula is C19H27N3O4. The number of carbonyl (C=O) groups excluding carboxylic acids is 2. The van der Waals surface area contributed by atoms with Gasteiger partial charge < -0.3 is 19.6 Å². The van der Waals surface area contributed by atoms with E-state index in [1.807, 2.05) is 32.0 Å². The van der Waals surface area contributed by atoms with Gasteiger partial charge in [-0.05, 0) is 31.5 Å². The molecule has 0 aliphatic carbocycles. The lowest BCUT2D eigenvalue weighted by atomic mass is 10.1. The normalized spacial score (nSPS) is 21.3. The average molecular weight is 361 g/mol. The maximum atomic E-state index is 12.4. The van der Waals surface area contributed by atoms with Crippen LogP contribution in [0.1, 0.15) is 25.0 Å². The molecule has 0 bridgehead atoms. The minimum atomic E-state index is -0.393. The molecule has 0 aromatic heterocycles. The van der Waals surface area contributed by atoms with Gasteiger partial charge >= 0.3 is 0 Å². The van der Waals surface area contributed by atoms with Gasteiger partial charge in [0.2, 0.25) is 11.8 Å². The summed E-state index contributed by atoms with van der Waals surface area (Å²) in [5.74, 6) is 0.728. The van der Waals surface area contributed by atoms with Crippen LogP contribution in [0.25, 0.3) is 0 Å². The molecule has 3 rings (SSSR count). The van der Waals surface area contributed by atoms with E-state index in [9.17, 15) is 14.7 Å². The van der Waals surface area contributed by atoms with Gasteiger partial charge in [-0.25, -0.2) is 0 Å². The van der Waals surface area contributed by atoms with Crippen LogP contribution in [0.3, 0.4) is 0 Å². The molecule has 1 atom stereocenters. The Kier molecular flexibility index (Phi) is 5.48. The molecule has 2 heterocycles. The van der Waals surface area contributed by atoms with Crippen molar-refractivity contribution in [2.24, 2.45) is 0 Å². The van der Waals surface area contributed by atoms with Crippen molar-refractivity contribution in [2.75, 3.05) is 33.2 Å². The molecule has 2 saturated heterocycles. The van der Waals surface area contributed by atoms with E-state index in [0.29, 0.717) is 25.4 Å². The third kappa shape index (κ3) is 3.83. The Bertz CT molecular complexity index is 691. The van der Waals surface area contributed by atoms with Gasteiger partial charge in [0.05, 0.1) is 19.3 Å². The Morgan fingerprint density at radius 1 is 1.27 bits per heavy atom. The first-order valence-electron chi connectivity index (χ1n) is 9.05. The molecule has 0 radical (unpaired) electrons. The van der Waals surface area contributed by atoms with Crippen LogP contribution in [0.4, 0.5) is 0 Å². The summed E-state index contributed by atoms with van der Waals surface area (Å²) in [6.45, 7) is 6.51. The van der Waals surface area contributed by atoms with Crippen molar-refractivity contribution in [3.05, 3.63) is 29.3 Å². The molecule has 1 N–H and O–H groups in total. The lowest BCUT2D eigenvalue weighted by Gasteiger charge is -2.45. The van der Waals surface area contributed by atoms with E-state index >= 15 is 0 Å². The van der Waals surface area contributed by atoms with Crippen LogP contribution >= 0.6 is 0 Å². The molecule has 7 nitrogen and oxygen atoms in total. The Labute approximate surface area is 154 Å². The summed E-state index contributed by atoms with van der Waals surface area (Å²) in [5.41, 5.74) is 1.82. The molecule has 0 saturated carbocycles. The van der Waals surface area contributed by atoms with E-state index in [0.717, 1.165) is 17.7 Å². The summed E-state index contributed by atoms with van der Waals surface area (Å²) < 4.78 is 5.72. The SMILES string of the molecule is CC(C)Oc1ccc(CN2CCN3C(=O)CN(C)C(=O)C3C2)cc1CO. The summed E-state index contributed by atoms with van der Waals surface area (Å²) >= 11 is 0. The molecule has 1 aromatic carbocycles. The van der Waals surface area contributed by atoms with Gasteiger partial charge in [0.25, 0.3) is 0 Å². The second-order valence-corrected chi connectivity index (χ2v) is 7.30. The van der Waals surface area contributed by atoms with Gasteiger partial charge in [-0.3, -0.25) is 14.5 Å². The molecule has 7 heteroatoms. The smallest absolute Gasteiger partial charge is 0.246 e. The number of hydrogen-bond acceptors (Lipinski definition) is 5. The van der Waals surface area contributed by atoms with Gasteiger partial charge in [0, 0.05) is 38.8 Å². The number of amides is 2. The van der Waals surface area contributed by atoms with E-state index in [-0.39, 0.29) is 31.1 Å². The number of likely N-dealkylation sites (N-methyl/N-ethyl adjacent to an activating group) is 1. The third-order valence-electron chi connectivity index (χ3n) is 4.88. The van der Waals surface area contributed by atoms with Gasteiger partial charge in [-0.2, -0.15) is 0 Å². The highest BCUT2D eigenvalue weighted by Gasteiger charge is 2.41. The zero-order valence-corrected chi connectivity index (χ0v) is 15.6. The van der Waals surface area contributed by atoms with E-state index in [1.165, 1.54) is 4.90 Å². The van der Waals surface area contributed by atoms with E-state index in [4.69, 9.17) is 4.74 Å². The number of nitrogens with zero attached hydrogens (tertiary/aromatic N) is 3. The monoisotopic (exact) mass is 361 g/mol. The predicted molar refractivity (Wildman–Crippen MR) is 96.5 cm³/mol. The second-order valence-electron chi connectivity index (χ2n) is 7.30. The number of fused-ring (bicyclic) bond motifs is 1. The van der Waals surface area contributed by atoms with E-state index < -0.39 is 6.04 Å². The summed E-state index contributed by atoms with van der Waals surface area (Å²) in [6.07, 6.45) is 0.0473. The largest absolute Gasteiger partial charge is 0.491 e. The maximum Gasteiger partial charge on any atom is 0.246 e. The second kappa shape index (κ2) is 7.63. The number of carbonyl (C=O) groups is 2. The average Bonchev–Trinajstić information content (AvgIpc) is 2.60. The molecule has 2 aliphatic heterocycles. The van der Waals surface area contributed by atoms with E-state index in [2.05, 4.69) is 4.90 Å². The van der Waals surface area contributed by atoms with Crippen LogP contribution in [0.5, 0.6) is 5.75 Å². The number of benzene rings is 1. The maximum absolute atomic E-state index is 12.4. The number of aliphatic hydroxyl groups is 1. The van der Waals surface area contributed by atoms with Crippen molar-refractivity contribution in [1.29, 1.82) is 0 Å². The summed E-state index contributed by atoms with van der Waals surface area (Å²) in [5, 5.41) is 9.62. The van der Waals surface area contributed by atoms with Gasteiger partial charge in [0.1, 0.15) is 11.8 Å². The molecule has 2 amide bonds. The van der Waals surface area contributed by atoms with Crippen molar-refractivity contribution in [1.82, 2.24) is 14.7 Å². The minimum absolute atomic E-state index is 0.00558. The quantitative estimate of drug-likeness (QED) is 0.824. The van der Waals surface area contributed by atoms with Crippen LogP contribution in [0, 0.1) is 0 Å². The summed E-state index contributed by atoms with van der Waals surface area (Å²) in [4.78, 5) is 29.9. The lowest BCUT2D eigenvalue weighted by molar-refractivity contribution is -0.158. The van der Waals surface area contributed by atoms with Crippen LogP contribution in [-0.2, 0) is 22.7 Å². The Hall–Kier alpha value is -2.12. The zero-order chi connectivity index (χ0) is 18.8. The van der Waals surface area contributed by atoms with Crippen molar-refractivity contribution >= 4 is 11.8 Å². The topological polar surface area (TPSA) is 73.3 Å². The Balaban J connectivity index is 1.70. The first-order valence-corrected chi connectivity index (χ1v) is 9.05. The lowest BCUT2D eigenvalue weighted by Crippen LogP contribution is -2.65. The van der Waals surface area contributed by atoms with Crippen molar-refractivity contribution in [3.8, 4) is 5.75 Å².